The Kier molecular flexibility index (Phi) is 6.59. The van der Waals surface area contributed by atoms with Gasteiger partial charge in [0.05, 0.1) is 17.2 Å². The summed E-state index contributed by atoms with van der Waals surface area (Å²) in [5.41, 5.74) is -3.79. The Morgan fingerprint density at radius 1 is 1.10 bits per heavy atom. The van der Waals surface area contributed by atoms with Crippen molar-refractivity contribution in [2.24, 2.45) is 0 Å². The Bertz CT molecular complexity index is 877. The molecule has 166 valence electrons. The van der Waals surface area contributed by atoms with Crippen LogP contribution in [0.5, 0.6) is 0 Å². The zero-order chi connectivity index (χ0) is 22.1. The summed E-state index contributed by atoms with van der Waals surface area (Å²) in [5.74, 6) is 0. The lowest BCUT2D eigenvalue weighted by atomic mass is 9.99. The van der Waals surface area contributed by atoms with Crippen LogP contribution in [0.1, 0.15) is 42.7 Å². The molecule has 3 rings (SSSR count). The van der Waals surface area contributed by atoms with Crippen LogP contribution < -0.4 is 5.32 Å². The molecule has 1 fully saturated rings. The zero-order valence-corrected chi connectivity index (χ0v) is 16.3. The number of nitrogens with one attached hydrogen (secondary N) is 1. The fraction of sp³-hybridized carbons (Fsp3) is 0.550. The summed E-state index contributed by atoms with van der Waals surface area (Å²) in [6.45, 7) is 4.45. The number of aliphatic hydroxyl groups is 1. The van der Waals surface area contributed by atoms with Crippen molar-refractivity contribution < 1.29 is 31.4 Å². The molecule has 0 saturated carbocycles. The molecule has 2 atom stereocenters. The van der Waals surface area contributed by atoms with Gasteiger partial charge in [0.15, 0.2) is 0 Å². The normalized spacial score (nSPS) is 18.1. The van der Waals surface area contributed by atoms with Gasteiger partial charge in [0.1, 0.15) is 5.69 Å². The lowest BCUT2D eigenvalue weighted by molar-refractivity contribution is -0.142. The molecule has 1 saturated heterocycles. The summed E-state index contributed by atoms with van der Waals surface area (Å²) in [6, 6.07) is 3.60. The first-order chi connectivity index (χ1) is 14.0. The molecular weight excluding hydrogens is 412 g/mol. The van der Waals surface area contributed by atoms with Gasteiger partial charge in [-0.05, 0) is 50.6 Å². The van der Waals surface area contributed by atoms with Gasteiger partial charge >= 0.3 is 12.4 Å². The van der Waals surface area contributed by atoms with Crippen molar-refractivity contribution in [3.05, 3.63) is 41.1 Å². The molecule has 2 heterocycles. The van der Waals surface area contributed by atoms with E-state index in [4.69, 9.17) is 0 Å². The number of halogens is 6. The van der Waals surface area contributed by atoms with E-state index in [1.807, 2.05) is 6.92 Å². The van der Waals surface area contributed by atoms with E-state index in [1.165, 1.54) is 6.07 Å². The van der Waals surface area contributed by atoms with Crippen molar-refractivity contribution in [3.8, 4) is 0 Å². The van der Waals surface area contributed by atoms with Crippen molar-refractivity contribution in [1.29, 1.82) is 0 Å². The zero-order valence-electron chi connectivity index (χ0n) is 16.3. The van der Waals surface area contributed by atoms with Crippen LogP contribution in [-0.4, -0.2) is 47.2 Å². The van der Waals surface area contributed by atoms with Gasteiger partial charge in [-0.1, -0.05) is 12.1 Å². The first-order valence-corrected chi connectivity index (χ1v) is 9.68. The topological polar surface area (TPSA) is 48.4 Å². The molecule has 10 heteroatoms. The minimum atomic E-state index is -4.95. The summed E-state index contributed by atoms with van der Waals surface area (Å²) in [4.78, 5) is 5.48. The number of alkyl halides is 6. The van der Waals surface area contributed by atoms with Crippen molar-refractivity contribution in [1.82, 2.24) is 15.2 Å². The molecule has 0 amide bonds. The Hall–Kier alpha value is -1.91. The molecule has 0 bridgehead atoms. The fourth-order valence-electron chi connectivity index (χ4n) is 3.76. The lowest BCUT2D eigenvalue weighted by Gasteiger charge is -2.23. The third-order valence-corrected chi connectivity index (χ3v) is 5.22. The molecule has 0 aliphatic carbocycles. The molecule has 4 nitrogen and oxygen atoms in total. The fourth-order valence-corrected chi connectivity index (χ4v) is 3.76. The molecule has 1 aliphatic heterocycles. The molecule has 2 aromatic rings. The summed E-state index contributed by atoms with van der Waals surface area (Å²) in [6.07, 6.45) is -9.03. The van der Waals surface area contributed by atoms with E-state index in [2.05, 4.69) is 15.2 Å². The van der Waals surface area contributed by atoms with E-state index in [1.54, 1.807) is 0 Å². The largest absolute Gasteiger partial charge is 0.433 e. The second-order valence-electron chi connectivity index (χ2n) is 7.63. The average Bonchev–Trinajstić information content (AvgIpc) is 3.16. The molecule has 1 aromatic heterocycles. The van der Waals surface area contributed by atoms with Crippen LogP contribution in [0.2, 0.25) is 0 Å². The van der Waals surface area contributed by atoms with Crippen LogP contribution in [0.3, 0.4) is 0 Å². The smallest absolute Gasteiger partial charge is 0.387 e. The third kappa shape index (κ3) is 5.22. The number of benzene rings is 1. The van der Waals surface area contributed by atoms with Crippen LogP contribution >= 0.6 is 0 Å². The number of pyridine rings is 1. The quantitative estimate of drug-likeness (QED) is 0.662. The predicted octanol–water partition coefficient (Wildman–Crippen LogP) is 4.38. The van der Waals surface area contributed by atoms with Gasteiger partial charge in [0.2, 0.25) is 0 Å². The second-order valence-corrected chi connectivity index (χ2v) is 7.63. The van der Waals surface area contributed by atoms with E-state index in [-0.39, 0.29) is 23.5 Å². The minimum Gasteiger partial charge on any atom is -0.387 e. The number of para-hydroxylation sites is 1. The number of nitrogens with zero attached hydrogens (tertiary/aromatic N) is 2. The summed E-state index contributed by atoms with van der Waals surface area (Å²) in [5, 5.41) is 13.5. The highest BCUT2D eigenvalue weighted by molar-refractivity contribution is 5.86. The van der Waals surface area contributed by atoms with Gasteiger partial charge in [0.25, 0.3) is 0 Å². The molecular formula is C20H23F6N3O. The number of fused-ring (bicyclic) bond motifs is 1. The van der Waals surface area contributed by atoms with E-state index in [0.29, 0.717) is 12.1 Å². The van der Waals surface area contributed by atoms with Crippen LogP contribution in [0, 0.1) is 0 Å². The molecule has 2 unspecified atom stereocenters. The number of rotatable bonds is 6. The monoisotopic (exact) mass is 435 g/mol. The molecule has 30 heavy (non-hydrogen) atoms. The van der Waals surface area contributed by atoms with Gasteiger partial charge in [-0.3, -0.25) is 0 Å². The maximum Gasteiger partial charge on any atom is 0.433 e. The first-order valence-electron chi connectivity index (χ1n) is 9.68. The third-order valence-electron chi connectivity index (χ3n) is 5.22. The van der Waals surface area contributed by atoms with Gasteiger partial charge < -0.3 is 15.3 Å². The molecule has 0 radical (unpaired) electrons. The number of hydrogen-bond acceptors (Lipinski definition) is 4. The Morgan fingerprint density at radius 2 is 1.77 bits per heavy atom. The van der Waals surface area contributed by atoms with Gasteiger partial charge in [-0.25, -0.2) is 4.98 Å². The second kappa shape index (κ2) is 8.68. The molecule has 2 N–H and O–H groups in total. The Morgan fingerprint density at radius 3 is 2.37 bits per heavy atom. The van der Waals surface area contributed by atoms with E-state index < -0.39 is 35.2 Å². The van der Waals surface area contributed by atoms with Crippen LogP contribution in [-0.2, 0) is 12.4 Å². The minimum absolute atomic E-state index is 0.0429. The van der Waals surface area contributed by atoms with Crippen molar-refractivity contribution in [3.63, 3.8) is 0 Å². The van der Waals surface area contributed by atoms with Crippen molar-refractivity contribution in [2.75, 3.05) is 26.2 Å². The van der Waals surface area contributed by atoms with Crippen LogP contribution in [0.25, 0.3) is 10.9 Å². The maximum atomic E-state index is 13.3. The first kappa shape index (κ1) is 22.8. The Labute approximate surface area is 169 Å². The molecule has 1 aliphatic rings. The maximum absolute atomic E-state index is 13.3. The van der Waals surface area contributed by atoms with Crippen molar-refractivity contribution in [2.45, 2.75) is 44.3 Å². The van der Waals surface area contributed by atoms with Crippen LogP contribution in [0.15, 0.2) is 24.3 Å². The van der Waals surface area contributed by atoms with Gasteiger partial charge in [-0.2, -0.15) is 26.3 Å². The number of likely N-dealkylation sites (tertiary alicyclic amines) is 1. The number of hydrogen-bond donors (Lipinski definition) is 2. The highest BCUT2D eigenvalue weighted by Crippen LogP contribution is 2.38. The van der Waals surface area contributed by atoms with E-state index in [9.17, 15) is 31.4 Å². The standard InChI is InChI=1S/C20H23F6N3O/c1-12(11-29-7-2-3-8-29)27-10-16(30)14-9-17(20(24,25)26)28-18-13(14)5-4-6-15(18)19(21,22)23/h4-6,9,12,16,27,30H,2-3,7-8,10-11H2,1H3. The van der Waals surface area contributed by atoms with E-state index in [0.717, 1.165) is 38.5 Å². The number of aliphatic hydroxyl groups excluding tert-OH is 1. The summed E-state index contributed by atoms with van der Waals surface area (Å²) in [7, 11) is 0. The number of aromatic nitrogens is 1. The predicted molar refractivity (Wildman–Crippen MR) is 99.8 cm³/mol. The SMILES string of the molecule is CC(CN1CCCC1)NCC(O)c1cc(C(F)(F)F)nc2c(C(F)(F)F)cccc12. The van der Waals surface area contributed by atoms with Gasteiger partial charge in [0, 0.05) is 24.5 Å². The summed E-state index contributed by atoms with van der Waals surface area (Å²) >= 11 is 0. The molecule has 0 spiro atoms. The highest BCUT2D eigenvalue weighted by Gasteiger charge is 2.38. The Balaban J connectivity index is 1.91. The average molecular weight is 435 g/mol. The van der Waals surface area contributed by atoms with Crippen molar-refractivity contribution >= 4 is 10.9 Å². The van der Waals surface area contributed by atoms with E-state index >= 15 is 0 Å². The molecule has 1 aromatic carbocycles. The highest BCUT2D eigenvalue weighted by atomic mass is 19.4. The summed E-state index contributed by atoms with van der Waals surface area (Å²) < 4.78 is 79.8. The van der Waals surface area contributed by atoms with Gasteiger partial charge in [-0.15, -0.1) is 0 Å². The lowest BCUT2D eigenvalue weighted by Crippen LogP contribution is -2.39. The van der Waals surface area contributed by atoms with Crippen LogP contribution in [0.4, 0.5) is 26.3 Å².